The van der Waals surface area contributed by atoms with E-state index in [0.29, 0.717) is 6.42 Å². The first-order valence-corrected chi connectivity index (χ1v) is 6.32. The van der Waals surface area contributed by atoms with E-state index in [4.69, 9.17) is 16.0 Å². The summed E-state index contributed by atoms with van der Waals surface area (Å²) in [5.41, 5.74) is 5.31. The highest BCUT2D eigenvalue weighted by atomic mass is 32.2. The van der Waals surface area contributed by atoms with E-state index < -0.39 is 0 Å². The summed E-state index contributed by atoms with van der Waals surface area (Å²) in [4.78, 5) is 0. The molecule has 0 radical (unpaired) electrons. The van der Waals surface area contributed by atoms with E-state index in [1.165, 1.54) is 0 Å². The van der Waals surface area contributed by atoms with Crippen molar-refractivity contribution in [1.29, 1.82) is 0 Å². The lowest BCUT2D eigenvalue weighted by atomic mass is 10.3. The van der Waals surface area contributed by atoms with Crippen molar-refractivity contribution >= 4 is 17.6 Å². The monoisotopic (exact) mass is 235 g/mol. The summed E-state index contributed by atoms with van der Waals surface area (Å²) in [6, 6.07) is 0. The Balaban J connectivity index is 2.99. The van der Waals surface area contributed by atoms with Crippen LogP contribution in [-0.2, 0) is 0 Å². The summed E-state index contributed by atoms with van der Waals surface area (Å²) in [7, 11) is 0. The van der Waals surface area contributed by atoms with Crippen molar-refractivity contribution in [3.8, 4) is 0 Å². The van der Waals surface area contributed by atoms with Gasteiger partial charge in [0, 0.05) is 25.3 Å². The zero-order valence-electron chi connectivity index (χ0n) is 8.98. The molecule has 5 nitrogen and oxygen atoms in total. The maximum absolute atomic E-state index is 8.54. The Hall–Kier alpha value is -0.460. The topological polar surface area (TPSA) is 90.9 Å². The van der Waals surface area contributed by atoms with Gasteiger partial charge in [-0.05, 0) is 25.1 Å². The number of aliphatic hydroxyl groups excluding tert-OH is 1. The number of aliphatic hydroxyl groups is 1. The molecule has 0 heterocycles. The highest BCUT2D eigenvalue weighted by Gasteiger charge is 1.93. The Morgan fingerprint density at radius 1 is 1.27 bits per heavy atom. The predicted octanol–water partition coefficient (Wildman–Crippen LogP) is 0.218. The lowest BCUT2D eigenvalue weighted by Gasteiger charge is -2.03. The fourth-order valence-electron chi connectivity index (χ4n) is 0.983. The molecule has 0 aromatic rings. The lowest BCUT2D eigenvalue weighted by Crippen LogP contribution is -2.21. The molecule has 0 spiro atoms. The third-order valence-corrected chi connectivity index (χ3v) is 2.86. The van der Waals surface area contributed by atoms with E-state index in [1.54, 1.807) is 0 Å². The first-order chi connectivity index (χ1) is 7.31. The van der Waals surface area contributed by atoms with Crippen LogP contribution in [0, 0.1) is 0 Å². The van der Waals surface area contributed by atoms with Gasteiger partial charge in [0.05, 0.1) is 0 Å². The molecule has 15 heavy (non-hydrogen) atoms. The summed E-state index contributed by atoms with van der Waals surface area (Å²) in [6.07, 6.45) is 2.38. The molecule has 90 valence electrons. The third kappa shape index (κ3) is 11.5. The molecule has 0 saturated heterocycles. The second-order valence-corrected chi connectivity index (χ2v) is 4.36. The first-order valence-electron chi connectivity index (χ1n) is 5.17. The molecule has 0 atom stereocenters. The molecule has 0 saturated carbocycles. The van der Waals surface area contributed by atoms with Gasteiger partial charge in [-0.25, -0.2) is 0 Å². The highest BCUT2D eigenvalue weighted by Crippen LogP contribution is 1.99. The van der Waals surface area contributed by atoms with Crippen LogP contribution in [0.25, 0.3) is 0 Å². The van der Waals surface area contributed by atoms with Crippen molar-refractivity contribution in [1.82, 2.24) is 5.32 Å². The van der Waals surface area contributed by atoms with Crippen LogP contribution in [-0.4, -0.2) is 47.4 Å². The molecule has 0 rings (SSSR count). The number of oxime groups is 1. The zero-order chi connectivity index (χ0) is 11.4. The largest absolute Gasteiger partial charge is 0.409 e. The Bertz CT molecular complexity index is 167. The summed E-state index contributed by atoms with van der Waals surface area (Å²) < 4.78 is 0. The van der Waals surface area contributed by atoms with Gasteiger partial charge in [-0.2, -0.15) is 11.8 Å². The summed E-state index contributed by atoms with van der Waals surface area (Å²) >= 11 is 1.84. The van der Waals surface area contributed by atoms with Gasteiger partial charge in [0.1, 0.15) is 5.84 Å². The molecule has 5 N–H and O–H groups in total. The molecule has 0 unspecified atom stereocenters. The molecule has 0 fully saturated rings. The minimum Gasteiger partial charge on any atom is -0.409 e. The van der Waals surface area contributed by atoms with E-state index in [9.17, 15) is 0 Å². The molecule has 0 aliphatic rings. The lowest BCUT2D eigenvalue weighted by molar-refractivity contribution is 0.296. The first kappa shape index (κ1) is 14.5. The summed E-state index contributed by atoms with van der Waals surface area (Å²) in [5.74, 6) is 2.36. The van der Waals surface area contributed by atoms with Crippen LogP contribution in [0.1, 0.15) is 19.3 Å². The van der Waals surface area contributed by atoms with Gasteiger partial charge < -0.3 is 21.4 Å². The third-order valence-electron chi connectivity index (χ3n) is 1.78. The summed E-state index contributed by atoms with van der Waals surface area (Å²) in [5, 5.41) is 23.0. The molecule has 0 amide bonds. The van der Waals surface area contributed by atoms with Crippen molar-refractivity contribution < 1.29 is 10.3 Å². The molecule has 0 aliphatic carbocycles. The Kier molecular flexibility index (Phi) is 11.3. The number of nitrogens with one attached hydrogen (secondary N) is 1. The van der Waals surface area contributed by atoms with Crippen molar-refractivity contribution in [2.24, 2.45) is 10.9 Å². The van der Waals surface area contributed by atoms with Gasteiger partial charge in [0.25, 0.3) is 0 Å². The highest BCUT2D eigenvalue weighted by molar-refractivity contribution is 7.99. The molecule has 0 bridgehead atoms. The van der Waals surface area contributed by atoms with Gasteiger partial charge in [-0.1, -0.05) is 5.16 Å². The van der Waals surface area contributed by atoms with Crippen molar-refractivity contribution in [3.05, 3.63) is 0 Å². The SMILES string of the molecule is NC(CCCNCCSCCCO)=NO. The maximum Gasteiger partial charge on any atom is 0.139 e. The van der Waals surface area contributed by atoms with Crippen LogP contribution in [0.15, 0.2) is 5.16 Å². The number of rotatable bonds is 10. The normalized spacial score (nSPS) is 11.9. The van der Waals surface area contributed by atoms with Crippen molar-refractivity contribution in [2.45, 2.75) is 19.3 Å². The number of amidine groups is 1. The van der Waals surface area contributed by atoms with E-state index >= 15 is 0 Å². The van der Waals surface area contributed by atoms with Crippen LogP contribution in [0.5, 0.6) is 0 Å². The van der Waals surface area contributed by atoms with E-state index in [1.807, 2.05) is 11.8 Å². The Morgan fingerprint density at radius 3 is 2.73 bits per heavy atom. The van der Waals surface area contributed by atoms with Gasteiger partial charge in [-0.15, -0.1) is 0 Å². The number of nitrogens with two attached hydrogens (primary N) is 1. The Labute approximate surface area is 95.1 Å². The maximum atomic E-state index is 8.54. The van der Waals surface area contributed by atoms with Crippen LogP contribution in [0.2, 0.25) is 0 Å². The predicted molar refractivity (Wildman–Crippen MR) is 64.5 cm³/mol. The van der Waals surface area contributed by atoms with Gasteiger partial charge in [0.15, 0.2) is 0 Å². The number of thioether (sulfide) groups is 1. The average Bonchev–Trinajstić information content (AvgIpc) is 2.26. The minimum atomic E-state index is 0.278. The van der Waals surface area contributed by atoms with Crippen LogP contribution >= 0.6 is 11.8 Å². The molecular formula is C9H21N3O2S. The number of hydrogen-bond donors (Lipinski definition) is 4. The van der Waals surface area contributed by atoms with Crippen LogP contribution < -0.4 is 11.1 Å². The molecule has 6 heteroatoms. The molecular weight excluding hydrogens is 214 g/mol. The minimum absolute atomic E-state index is 0.278. The Morgan fingerprint density at radius 2 is 2.07 bits per heavy atom. The van der Waals surface area contributed by atoms with Gasteiger partial charge in [0.2, 0.25) is 0 Å². The second kappa shape index (κ2) is 11.6. The van der Waals surface area contributed by atoms with Crippen LogP contribution in [0.3, 0.4) is 0 Å². The fourth-order valence-corrected chi connectivity index (χ4v) is 1.81. The van der Waals surface area contributed by atoms with E-state index in [-0.39, 0.29) is 12.4 Å². The van der Waals surface area contributed by atoms with Gasteiger partial charge >= 0.3 is 0 Å². The van der Waals surface area contributed by atoms with Crippen LogP contribution in [0.4, 0.5) is 0 Å². The fraction of sp³-hybridized carbons (Fsp3) is 0.889. The van der Waals surface area contributed by atoms with E-state index in [0.717, 1.165) is 37.4 Å². The molecule has 0 aromatic heterocycles. The second-order valence-electron chi connectivity index (χ2n) is 3.13. The molecule has 0 aliphatic heterocycles. The standard InChI is InChI=1S/C9H21N3O2S/c10-9(12-14)3-1-4-11-5-8-15-7-2-6-13/h11,13-14H,1-8H2,(H2,10,12). The van der Waals surface area contributed by atoms with Gasteiger partial charge in [-0.3, -0.25) is 0 Å². The zero-order valence-corrected chi connectivity index (χ0v) is 9.80. The smallest absolute Gasteiger partial charge is 0.139 e. The summed E-state index contributed by atoms with van der Waals surface area (Å²) in [6.45, 7) is 2.13. The van der Waals surface area contributed by atoms with Crippen molar-refractivity contribution in [3.63, 3.8) is 0 Å². The quantitative estimate of drug-likeness (QED) is 0.143. The van der Waals surface area contributed by atoms with E-state index in [2.05, 4.69) is 10.5 Å². The average molecular weight is 235 g/mol. The number of nitrogens with zero attached hydrogens (tertiary/aromatic N) is 1. The molecule has 0 aromatic carbocycles. The number of hydrogen-bond acceptors (Lipinski definition) is 5. The van der Waals surface area contributed by atoms with Crippen molar-refractivity contribution in [2.75, 3.05) is 31.2 Å².